The highest BCUT2D eigenvalue weighted by molar-refractivity contribution is 5.99. The molecule has 32 heavy (non-hydrogen) atoms. The van der Waals surface area contributed by atoms with Crippen LogP contribution in [0.4, 0.5) is 17.1 Å². The summed E-state index contributed by atoms with van der Waals surface area (Å²) in [4.78, 5) is 32.2. The summed E-state index contributed by atoms with van der Waals surface area (Å²) in [5.74, 6) is -0.0189. The molecule has 3 aromatic rings. The van der Waals surface area contributed by atoms with Crippen LogP contribution in [-0.4, -0.2) is 52.9 Å². The van der Waals surface area contributed by atoms with Gasteiger partial charge in [-0.05, 0) is 43.2 Å². The zero-order valence-corrected chi connectivity index (χ0v) is 18.3. The van der Waals surface area contributed by atoms with E-state index in [1.165, 1.54) is 5.56 Å². The van der Waals surface area contributed by atoms with Crippen LogP contribution >= 0.6 is 0 Å². The topological polar surface area (TPSA) is 91.6 Å². The first-order valence-electron chi connectivity index (χ1n) is 10.9. The fourth-order valence-electron chi connectivity index (χ4n) is 4.18. The van der Waals surface area contributed by atoms with Gasteiger partial charge < -0.3 is 10.2 Å². The van der Waals surface area contributed by atoms with E-state index >= 15 is 0 Å². The van der Waals surface area contributed by atoms with E-state index in [0.717, 1.165) is 49.4 Å². The van der Waals surface area contributed by atoms with Crippen molar-refractivity contribution in [3.05, 3.63) is 70.5 Å². The SMILES string of the molecule is CCc1ccc(NC(=O)[C@H](C)N2CCN(c3ccc([N+](=O)[O-])c4cnccc34)CC2)cc1. The number of carbonyl (C=O) groups is 1. The molecular weight excluding hydrogens is 406 g/mol. The standard InChI is InChI=1S/C24H27N5O3/c1-3-18-4-6-19(7-5-18)26-24(30)17(2)27-12-14-28(15-13-27)22-8-9-23(29(31)32)21-16-25-11-10-20(21)22/h4-11,16-17H,3,12-15H2,1-2H3,(H,26,30)/t17-/m0/s1. The van der Waals surface area contributed by atoms with Crippen molar-refractivity contribution in [1.82, 2.24) is 9.88 Å². The molecule has 8 heteroatoms. The number of aryl methyl sites for hydroxylation is 1. The van der Waals surface area contributed by atoms with Crippen molar-refractivity contribution in [2.75, 3.05) is 36.4 Å². The smallest absolute Gasteiger partial charge is 0.278 e. The van der Waals surface area contributed by atoms with Crippen LogP contribution in [0.3, 0.4) is 0 Å². The molecule has 0 spiro atoms. The molecule has 0 unspecified atom stereocenters. The van der Waals surface area contributed by atoms with Crippen LogP contribution in [0.15, 0.2) is 54.9 Å². The Kier molecular flexibility index (Phi) is 6.32. The number of aromatic nitrogens is 1. The maximum absolute atomic E-state index is 12.8. The van der Waals surface area contributed by atoms with Crippen LogP contribution in [0.25, 0.3) is 10.8 Å². The van der Waals surface area contributed by atoms with Crippen molar-refractivity contribution < 1.29 is 9.72 Å². The van der Waals surface area contributed by atoms with Gasteiger partial charge in [0.1, 0.15) is 0 Å². The molecule has 1 aliphatic rings. The molecule has 0 saturated carbocycles. The van der Waals surface area contributed by atoms with Crippen molar-refractivity contribution in [1.29, 1.82) is 0 Å². The molecular formula is C24H27N5O3. The van der Waals surface area contributed by atoms with Crippen LogP contribution in [0.5, 0.6) is 0 Å². The molecule has 1 fully saturated rings. The Morgan fingerprint density at radius 3 is 2.47 bits per heavy atom. The fourth-order valence-corrected chi connectivity index (χ4v) is 4.18. The molecule has 166 valence electrons. The highest BCUT2D eigenvalue weighted by atomic mass is 16.6. The highest BCUT2D eigenvalue weighted by Crippen LogP contribution is 2.33. The highest BCUT2D eigenvalue weighted by Gasteiger charge is 2.27. The molecule has 8 nitrogen and oxygen atoms in total. The van der Waals surface area contributed by atoms with E-state index < -0.39 is 0 Å². The summed E-state index contributed by atoms with van der Waals surface area (Å²) in [6.45, 7) is 6.96. The van der Waals surface area contributed by atoms with Gasteiger partial charge in [0.25, 0.3) is 5.69 Å². The summed E-state index contributed by atoms with van der Waals surface area (Å²) in [5, 5.41) is 15.7. The lowest BCUT2D eigenvalue weighted by molar-refractivity contribution is -0.383. The van der Waals surface area contributed by atoms with Gasteiger partial charge in [-0.25, -0.2) is 0 Å². The Balaban J connectivity index is 1.42. The number of nitro groups is 1. The van der Waals surface area contributed by atoms with Crippen LogP contribution in [0, 0.1) is 10.1 Å². The minimum absolute atomic E-state index is 0.0189. The average molecular weight is 434 g/mol. The molecule has 1 aliphatic heterocycles. The maximum atomic E-state index is 12.8. The number of fused-ring (bicyclic) bond motifs is 1. The number of anilines is 2. The van der Waals surface area contributed by atoms with E-state index in [1.807, 2.05) is 43.3 Å². The number of benzene rings is 2. The molecule has 1 amide bonds. The summed E-state index contributed by atoms with van der Waals surface area (Å²) >= 11 is 0. The van der Waals surface area contributed by atoms with Crippen molar-refractivity contribution in [3.63, 3.8) is 0 Å². The predicted molar refractivity (Wildman–Crippen MR) is 126 cm³/mol. The third-order valence-electron chi connectivity index (χ3n) is 6.18. The molecule has 1 saturated heterocycles. The number of non-ortho nitro benzene ring substituents is 1. The number of piperazine rings is 1. The van der Waals surface area contributed by atoms with Crippen LogP contribution in [0.1, 0.15) is 19.4 Å². The first-order chi connectivity index (χ1) is 15.5. The molecule has 0 radical (unpaired) electrons. The lowest BCUT2D eigenvalue weighted by Gasteiger charge is -2.38. The fraction of sp³-hybridized carbons (Fsp3) is 0.333. The van der Waals surface area contributed by atoms with Gasteiger partial charge >= 0.3 is 0 Å². The second-order valence-electron chi connectivity index (χ2n) is 8.02. The minimum atomic E-state index is -0.373. The van der Waals surface area contributed by atoms with E-state index in [2.05, 4.69) is 27.0 Å². The van der Waals surface area contributed by atoms with Gasteiger partial charge in [0.2, 0.25) is 5.91 Å². The molecule has 1 N–H and O–H groups in total. The lowest BCUT2D eigenvalue weighted by Crippen LogP contribution is -2.52. The predicted octanol–water partition coefficient (Wildman–Crippen LogP) is 3.85. The van der Waals surface area contributed by atoms with E-state index in [-0.39, 0.29) is 22.6 Å². The summed E-state index contributed by atoms with van der Waals surface area (Å²) in [7, 11) is 0. The maximum Gasteiger partial charge on any atom is 0.278 e. The van der Waals surface area contributed by atoms with Gasteiger partial charge in [-0.2, -0.15) is 0 Å². The Bertz CT molecular complexity index is 1120. The van der Waals surface area contributed by atoms with Gasteiger partial charge in [0.05, 0.1) is 16.4 Å². The van der Waals surface area contributed by atoms with Crippen molar-refractivity contribution in [2.45, 2.75) is 26.3 Å². The van der Waals surface area contributed by atoms with Gasteiger partial charge in [-0.3, -0.25) is 24.8 Å². The van der Waals surface area contributed by atoms with Gasteiger partial charge in [0.15, 0.2) is 0 Å². The Morgan fingerprint density at radius 1 is 1.09 bits per heavy atom. The quantitative estimate of drug-likeness (QED) is 0.469. The van der Waals surface area contributed by atoms with E-state index in [4.69, 9.17) is 0 Å². The number of nitrogens with one attached hydrogen (secondary N) is 1. The van der Waals surface area contributed by atoms with Gasteiger partial charge in [0, 0.05) is 61.4 Å². The average Bonchev–Trinajstić information content (AvgIpc) is 2.83. The number of rotatable bonds is 6. The van der Waals surface area contributed by atoms with Crippen molar-refractivity contribution in [3.8, 4) is 0 Å². The summed E-state index contributed by atoms with van der Waals surface area (Å²) < 4.78 is 0. The number of hydrogen-bond donors (Lipinski definition) is 1. The Morgan fingerprint density at radius 2 is 1.81 bits per heavy atom. The largest absolute Gasteiger partial charge is 0.368 e. The molecule has 4 rings (SSSR count). The van der Waals surface area contributed by atoms with Crippen LogP contribution < -0.4 is 10.2 Å². The second-order valence-corrected chi connectivity index (χ2v) is 8.02. The zero-order valence-electron chi connectivity index (χ0n) is 18.3. The summed E-state index contributed by atoms with van der Waals surface area (Å²) in [5.41, 5.74) is 3.07. The number of pyridine rings is 1. The first-order valence-corrected chi connectivity index (χ1v) is 10.9. The molecule has 1 atom stereocenters. The molecule has 2 heterocycles. The minimum Gasteiger partial charge on any atom is -0.368 e. The van der Waals surface area contributed by atoms with Crippen LogP contribution in [0.2, 0.25) is 0 Å². The Labute approximate surface area is 187 Å². The Hall–Kier alpha value is -3.52. The molecule has 2 aromatic carbocycles. The monoisotopic (exact) mass is 433 g/mol. The first kappa shape index (κ1) is 21.7. The molecule has 0 aliphatic carbocycles. The lowest BCUT2D eigenvalue weighted by atomic mass is 10.1. The summed E-state index contributed by atoms with van der Waals surface area (Å²) in [6.07, 6.45) is 4.17. The number of amides is 1. The van der Waals surface area contributed by atoms with E-state index in [0.29, 0.717) is 5.39 Å². The van der Waals surface area contributed by atoms with Crippen molar-refractivity contribution >= 4 is 33.7 Å². The number of nitrogens with zero attached hydrogens (tertiary/aromatic N) is 4. The number of hydrogen-bond acceptors (Lipinski definition) is 6. The number of carbonyl (C=O) groups excluding carboxylic acids is 1. The second kappa shape index (κ2) is 9.32. The third kappa shape index (κ3) is 4.40. The third-order valence-corrected chi connectivity index (χ3v) is 6.18. The van der Waals surface area contributed by atoms with Gasteiger partial charge in [-0.1, -0.05) is 19.1 Å². The zero-order chi connectivity index (χ0) is 22.7. The van der Waals surface area contributed by atoms with E-state index in [1.54, 1.807) is 18.5 Å². The van der Waals surface area contributed by atoms with Gasteiger partial charge in [-0.15, -0.1) is 0 Å². The van der Waals surface area contributed by atoms with E-state index in [9.17, 15) is 14.9 Å². The number of nitro benzene ring substituents is 1. The normalized spacial score (nSPS) is 15.5. The molecule has 1 aromatic heterocycles. The summed E-state index contributed by atoms with van der Waals surface area (Å²) in [6, 6.07) is 12.9. The van der Waals surface area contributed by atoms with Crippen molar-refractivity contribution in [2.24, 2.45) is 0 Å². The van der Waals surface area contributed by atoms with Crippen LogP contribution in [-0.2, 0) is 11.2 Å². The molecule has 0 bridgehead atoms.